The Morgan fingerprint density at radius 3 is 2.54 bits per heavy atom. The van der Waals surface area contributed by atoms with Gasteiger partial charge < -0.3 is 10.1 Å². The smallest absolute Gasteiger partial charge is 0.266 e. The monoisotopic (exact) mass is 193 g/mol. The van der Waals surface area contributed by atoms with Gasteiger partial charge in [-0.1, -0.05) is 24.8 Å². The van der Waals surface area contributed by atoms with Crippen molar-refractivity contribution in [1.29, 1.82) is 0 Å². The highest BCUT2D eigenvalue weighted by atomic mass is 32.1. The Morgan fingerprint density at radius 2 is 2.00 bits per heavy atom. The summed E-state index contributed by atoms with van der Waals surface area (Å²) in [5, 5.41) is 3.12. The van der Waals surface area contributed by atoms with Crippen molar-refractivity contribution in [3.8, 4) is 5.75 Å². The van der Waals surface area contributed by atoms with E-state index in [4.69, 9.17) is 17.0 Å². The molecule has 0 heterocycles. The Balaban J connectivity index is 2.50. The van der Waals surface area contributed by atoms with Crippen LogP contribution in [0.4, 0.5) is 0 Å². The minimum atomic E-state index is 0.318. The van der Waals surface area contributed by atoms with E-state index in [1.165, 1.54) is 0 Å². The lowest BCUT2D eigenvalue weighted by atomic mass is 10.3. The molecular weight excluding hydrogens is 182 g/mol. The second kappa shape index (κ2) is 4.62. The van der Waals surface area contributed by atoms with Crippen LogP contribution in [0.5, 0.6) is 5.75 Å². The molecule has 2 nitrogen and oxygen atoms in total. The minimum Gasteiger partial charge on any atom is -0.432 e. The summed E-state index contributed by atoms with van der Waals surface area (Å²) < 4.78 is 5.28. The quantitative estimate of drug-likeness (QED) is 0.729. The van der Waals surface area contributed by atoms with Crippen LogP contribution in [0.2, 0.25) is 0 Å². The van der Waals surface area contributed by atoms with Gasteiger partial charge in [0.1, 0.15) is 5.75 Å². The molecule has 3 heteroatoms. The fourth-order valence-electron chi connectivity index (χ4n) is 0.795. The first kappa shape index (κ1) is 9.74. The van der Waals surface area contributed by atoms with Crippen LogP contribution in [0, 0.1) is 0 Å². The van der Waals surface area contributed by atoms with E-state index in [0.29, 0.717) is 5.17 Å². The molecule has 0 aliphatic rings. The number of para-hydroxylation sites is 1. The molecule has 0 atom stereocenters. The zero-order valence-electron chi connectivity index (χ0n) is 7.41. The van der Waals surface area contributed by atoms with Crippen molar-refractivity contribution in [2.75, 3.05) is 0 Å². The maximum Gasteiger partial charge on any atom is 0.266 e. The Bertz CT molecular complexity index is 308. The normalized spacial score (nSPS) is 9.00. The summed E-state index contributed by atoms with van der Waals surface area (Å²) in [5.74, 6) is 0.723. The third-order valence-electron chi connectivity index (χ3n) is 1.27. The van der Waals surface area contributed by atoms with E-state index in [-0.39, 0.29) is 0 Å². The molecule has 0 spiro atoms. The molecule has 1 rings (SSSR count). The van der Waals surface area contributed by atoms with E-state index in [2.05, 4.69) is 11.9 Å². The highest BCUT2D eigenvalue weighted by Crippen LogP contribution is 2.08. The van der Waals surface area contributed by atoms with E-state index >= 15 is 0 Å². The van der Waals surface area contributed by atoms with Gasteiger partial charge in [-0.3, -0.25) is 0 Å². The number of hydrogen-bond acceptors (Lipinski definition) is 2. The summed E-state index contributed by atoms with van der Waals surface area (Å²) in [7, 11) is 0. The molecular formula is C10H11NOS. The summed E-state index contributed by atoms with van der Waals surface area (Å²) in [6, 6.07) is 9.37. The standard InChI is InChI=1S/C10H11NOS/c1-8(2)11-10(13)12-9-6-4-3-5-7-9/h3-7H,1H2,2H3,(H,11,13). The van der Waals surface area contributed by atoms with Crippen LogP contribution in [0.15, 0.2) is 42.6 Å². The third kappa shape index (κ3) is 3.71. The zero-order chi connectivity index (χ0) is 9.68. The van der Waals surface area contributed by atoms with E-state index in [9.17, 15) is 0 Å². The van der Waals surface area contributed by atoms with Gasteiger partial charge in [0.25, 0.3) is 5.17 Å². The van der Waals surface area contributed by atoms with Crippen molar-refractivity contribution < 1.29 is 4.74 Å². The largest absolute Gasteiger partial charge is 0.432 e. The number of hydrogen-bond donors (Lipinski definition) is 1. The Labute approximate surface area is 83.2 Å². The average Bonchev–Trinajstić information content (AvgIpc) is 2.04. The zero-order valence-corrected chi connectivity index (χ0v) is 8.23. The van der Waals surface area contributed by atoms with Crippen LogP contribution >= 0.6 is 12.2 Å². The van der Waals surface area contributed by atoms with Crippen LogP contribution in [-0.4, -0.2) is 5.17 Å². The first-order valence-electron chi connectivity index (χ1n) is 3.88. The summed E-state index contributed by atoms with van der Waals surface area (Å²) in [5.41, 5.74) is 0.765. The molecule has 13 heavy (non-hydrogen) atoms. The molecule has 0 aliphatic carbocycles. The Morgan fingerprint density at radius 1 is 1.38 bits per heavy atom. The van der Waals surface area contributed by atoms with Crippen LogP contribution in [0.3, 0.4) is 0 Å². The number of thiocarbonyl (C=S) groups is 1. The van der Waals surface area contributed by atoms with Gasteiger partial charge in [-0.05, 0) is 31.3 Å². The maximum atomic E-state index is 5.28. The number of allylic oxidation sites excluding steroid dienone is 1. The molecule has 68 valence electrons. The number of rotatable bonds is 2. The molecule has 0 aliphatic heterocycles. The van der Waals surface area contributed by atoms with Gasteiger partial charge >= 0.3 is 0 Å². The van der Waals surface area contributed by atoms with Gasteiger partial charge in [-0.15, -0.1) is 0 Å². The van der Waals surface area contributed by atoms with Crippen molar-refractivity contribution in [1.82, 2.24) is 5.32 Å². The molecule has 0 saturated heterocycles. The lowest BCUT2D eigenvalue weighted by Gasteiger charge is -2.07. The van der Waals surface area contributed by atoms with Gasteiger partial charge in [0.2, 0.25) is 0 Å². The molecule has 0 unspecified atom stereocenters. The van der Waals surface area contributed by atoms with E-state index < -0.39 is 0 Å². The molecule has 1 aromatic rings. The van der Waals surface area contributed by atoms with Gasteiger partial charge in [0, 0.05) is 5.70 Å². The molecule has 0 amide bonds. The van der Waals surface area contributed by atoms with Crippen LogP contribution < -0.4 is 10.1 Å². The Hall–Kier alpha value is -1.35. The van der Waals surface area contributed by atoms with Crippen molar-refractivity contribution in [2.45, 2.75) is 6.92 Å². The molecule has 0 fully saturated rings. The van der Waals surface area contributed by atoms with Gasteiger partial charge in [-0.25, -0.2) is 0 Å². The molecule has 0 saturated carbocycles. The van der Waals surface area contributed by atoms with Gasteiger partial charge in [0.05, 0.1) is 0 Å². The molecule has 0 aromatic heterocycles. The number of benzene rings is 1. The highest BCUT2D eigenvalue weighted by molar-refractivity contribution is 7.80. The molecule has 1 aromatic carbocycles. The first-order chi connectivity index (χ1) is 6.18. The van der Waals surface area contributed by atoms with Crippen LogP contribution in [-0.2, 0) is 0 Å². The van der Waals surface area contributed by atoms with Crippen molar-refractivity contribution in [2.24, 2.45) is 0 Å². The highest BCUT2D eigenvalue weighted by Gasteiger charge is 1.97. The summed E-state index contributed by atoms with van der Waals surface area (Å²) in [4.78, 5) is 0. The minimum absolute atomic E-state index is 0.318. The summed E-state index contributed by atoms with van der Waals surface area (Å²) in [6.07, 6.45) is 0. The van der Waals surface area contributed by atoms with Crippen LogP contribution in [0.25, 0.3) is 0 Å². The second-order valence-electron chi connectivity index (χ2n) is 2.61. The van der Waals surface area contributed by atoms with Gasteiger partial charge in [0.15, 0.2) is 0 Å². The fourth-order valence-corrected chi connectivity index (χ4v) is 1.07. The summed E-state index contributed by atoms with van der Waals surface area (Å²) in [6.45, 7) is 5.48. The SMILES string of the molecule is C=C(C)NC(=S)Oc1ccccc1. The average molecular weight is 193 g/mol. The van der Waals surface area contributed by atoms with E-state index in [1.54, 1.807) is 0 Å². The fraction of sp³-hybridized carbons (Fsp3) is 0.100. The number of ether oxygens (including phenoxy) is 1. The Kier molecular flexibility index (Phi) is 3.46. The van der Waals surface area contributed by atoms with Gasteiger partial charge in [-0.2, -0.15) is 0 Å². The third-order valence-corrected chi connectivity index (χ3v) is 1.45. The molecule has 0 radical (unpaired) electrons. The lowest BCUT2D eigenvalue weighted by molar-refractivity contribution is 0.542. The predicted molar refractivity (Wildman–Crippen MR) is 57.6 cm³/mol. The molecule has 0 bridgehead atoms. The number of nitrogens with one attached hydrogen (secondary N) is 1. The maximum absolute atomic E-state index is 5.28. The second-order valence-corrected chi connectivity index (χ2v) is 2.98. The van der Waals surface area contributed by atoms with Crippen molar-refractivity contribution >= 4 is 17.4 Å². The van der Waals surface area contributed by atoms with Crippen molar-refractivity contribution in [3.05, 3.63) is 42.6 Å². The van der Waals surface area contributed by atoms with E-state index in [1.807, 2.05) is 37.3 Å². The van der Waals surface area contributed by atoms with E-state index in [0.717, 1.165) is 11.4 Å². The first-order valence-corrected chi connectivity index (χ1v) is 4.28. The predicted octanol–water partition coefficient (Wildman–Crippen LogP) is 2.47. The lowest BCUT2D eigenvalue weighted by Crippen LogP contribution is -2.24. The van der Waals surface area contributed by atoms with Crippen LogP contribution in [0.1, 0.15) is 6.92 Å². The summed E-state index contributed by atoms with van der Waals surface area (Å²) >= 11 is 4.92. The molecule has 1 N–H and O–H groups in total. The topological polar surface area (TPSA) is 21.3 Å². The van der Waals surface area contributed by atoms with Crippen molar-refractivity contribution in [3.63, 3.8) is 0 Å².